The molecule has 0 amide bonds. The molecule has 3 aromatic rings. The van der Waals surface area contributed by atoms with Gasteiger partial charge in [-0.1, -0.05) is 35.4 Å². The molecule has 0 atom stereocenters. The minimum atomic E-state index is 0.451. The molecule has 0 saturated heterocycles. The largest absolute Gasteiger partial charge is 0.256 e. The van der Waals surface area contributed by atoms with E-state index in [2.05, 4.69) is 56.3 Å². The number of nitrogens with zero attached hydrogens (tertiary/aromatic N) is 1. The Morgan fingerprint density at radius 1 is 0.846 bits per heavy atom. The Balaban J connectivity index is 1.62. The number of fused-ring (bicyclic) bond motifs is 4. The zero-order valence-corrected chi connectivity index (χ0v) is 15.9. The second kappa shape index (κ2) is 5.94. The average Bonchev–Trinajstić information content (AvgIpc) is 2.68. The monoisotopic (exact) mass is 341 g/mol. The summed E-state index contributed by atoms with van der Waals surface area (Å²) in [4.78, 5) is 4.75. The van der Waals surface area contributed by atoms with Gasteiger partial charge in [0.15, 0.2) is 0 Å². The van der Waals surface area contributed by atoms with Crippen LogP contribution in [0, 0.1) is 19.8 Å². The fourth-order valence-corrected chi connectivity index (χ4v) is 5.53. The Labute approximate surface area is 156 Å². The number of rotatable bonds is 2. The van der Waals surface area contributed by atoms with Gasteiger partial charge in [0.1, 0.15) is 0 Å². The third-order valence-electron chi connectivity index (χ3n) is 6.97. The van der Waals surface area contributed by atoms with Gasteiger partial charge in [-0.25, -0.2) is 0 Å². The van der Waals surface area contributed by atoms with Gasteiger partial charge in [0.2, 0.25) is 0 Å². The lowest BCUT2D eigenvalue weighted by molar-refractivity contribution is 0.136. The third kappa shape index (κ3) is 2.57. The normalized spacial score (nSPS) is 24.9. The maximum absolute atomic E-state index is 4.75. The first-order valence-corrected chi connectivity index (χ1v) is 10.1. The van der Waals surface area contributed by atoms with Crippen LogP contribution in [0.15, 0.2) is 48.7 Å². The van der Waals surface area contributed by atoms with Crippen LogP contribution in [0.3, 0.4) is 0 Å². The molecule has 2 bridgehead atoms. The summed E-state index contributed by atoms with van der Waals surface area (Å²) >= 11 is 0. The number of benzene rings is 2. The molecule has 1 heteroatoms. The van der Waals surface area contributed by atoms with Gasteiger partial charge in [0.25, 0.3) is 0 Å². The number of hydrogen-bond acceptors (Lipinski definition) is 1. The molecule has 0 unspecified atom stereocenters. The molecule has 0 aliphatic heterocycles. The minimum Gasteiger partial charge on any atom is -0.256 e. The lowest BCUT2D eigenvalue weighted by atomic mass is 9.58. The maximum Gasteiger partial charge on any atom is 0.0780 e. The van der Waals surface area contributed by atoms with E-state index in [1.54, 1.807) is 5.56 Å². The second-order valence-electron chi connectivity index (χ2n) is 8.73. The third-order valence-corrected chi connectivity index (χ3v) is 6.97. The van der Waals surface area contributed by atoms with E-state index in [1.165, 1.54) is 66.0 Å². The van der Waals surface area contributed by atoms with Gasteiger partial charge in [0.05, 0.1) is 5.69 Å². The summed E-state index contributed by atoms with van der Waals surface area (Å²) in [5.41, 5.74) is 6.97. The van der Waals surface area contributed by atoms with E-state index in [1.807, 2.05) is 6.20 Å². The van der Waals surface area contributed by atoms with E-state index < -0.39 is 0 Å². The molecule has 1 aromatic heterocycles. The number of aromatic nitrogens is 1. The molecule has 26 heavy (non-hydrogen) atoms. The molecule has 1 nitrogen and oxygen atoms in total. The standard InChI is InChI=1S/C25H27N/c1-17-13-18(2)15-21(14-17)24-23-4-3-22(16-20(23)8-12-26-24)25-9-5-19(6-10-25)7-11-25/h3-4,8,12-16,19H,5-7,9-11H2,1-2H3. The van der Waals surface area contributed by atoms with Crippen LogP contribution in [-0.4, -0.2) is 4.98 Å². The van der Waals surface area contributed by atoms with Gasteiger partial charge in [-0.3, -0.25) is 4.98 Å². The molecule has 0 spiro atoms. The molecular formula is C25H27N. The van der Waals surface area contributed by atoms with Crippen LogP contribution in [0.5, 0.6) is 0 Å². The minimum absolute atomic E-state index is 0.451. The van der Waals surface area contributed by atoms with Crippen molar-refractivity contribution < 1.29 is 0 Å². The van der Waals surface area contributed by atoms with Gasteiger partial charge < -0.3 is 0 Å². The highest BCUT2D eigenvalue weighted by Gasteiger charge is 2.41. The lowest BCUT2D eigenvalue weighted by Gasteiger charge is -2.47. The van der Waals surface area contributed by atoms with Gasteiger partial charge in [-0.05, 0) is 92.9 Å². The number of aryl methyl sites for hydroxylation is 2. The topological polar surface area (TPSA) is 12.9 Å². The zero-order chi connectivity index (χ0) is 17.7. The van der Waals surface area contributed by atoms with Gasteiger partial charge >= 0.3 is 0 Å². The Morgan fingerprint density at radius 2 is 1.54 bits per heavy atom. The molecule has 0 N–H and O–H groups in total. The molecule has 3 saturated carbocycles. The Kier molecular flexibility index (Phi) is 3.67. The molecule has 6 rings (SSSR count). The second-order valence-corrected chi connectivity index (χ2v) is 8.73. The predicted octanol–water partition coefficient (Wildman–Crippen LogP) is 6.74. The van der Waals surface area contributed by atoms with E-state index in [-0.39, 0.29) is 0 Å². The van der Waals surface area contributed by atoms with Crippen LogP contribution >= 0.6 is 0 Å². The molecule has 2 aromatic carbocycles. The van der Waals surface area contributed by atoms with Crippen LogP contribution in [-0.2, 0) is 5.41 Å². The molecule has 3 aliphatic carbocycles. The van der Waals surface area contributed by atoms with Crippen molar-refractivity contribution in [3.63, 3.8) is 0 Å². The summed E-state index contributed by atoms with van der Waals surface area (Å²) in [6, 6.07) is 16.1. The van der Waals surface area contributed by atoms with Crippen molar-refractivity contribution in [1.29, 1.82) is 0 Å². The van der Waals surface area contributed by atoms with Crippen molar-refractivity contribution in [1.82, 2.24) is 4.98 Å². The van der Waals surface area contributed by atoms with Crippen molar-refractivity contribution in [3.05, 3.63) is 65.4 Å². The quantitative estimate of drug-likeness (QED) is 0.503. The van der Waals surface area contributed by atoms with Crippen molar-refractivity contribution in [2.24, 2.45) is 5.92 Å². The van der Waals surface area contributed by atoms with Gasteiger partial charge in [0, 0.05) is 17.1 Å². The highest BCUT2D eigenvalue weighted by Crippen LogP contribution is 2.52. The first-order valence-electron chi connectivity index (χ1n) is 10.1. The molecule has 3 aliphatic rings. The Bertz CT molecular complexity index is 943. The van der Waals surface area contributed by atoms with E-state index in [0.717, 1.165) is 11.6 Å². The Morgan fingerprint density at radius 3 is 2.23 bits per heavy atom. The lowest BCUT2D eigenvalue weighted by Crippen LogP contribution is -2.37. The SMILES string of the molecule is Cc1cc(C)cc(-c2nccc3cc(C45CCC(CC4)CC5)ccc23)c1. The predicted molar refractivity (Wildman–Crippen MR) is 110 cm³/mol. The first-order chi connectivity index (χ1) is 12.6. The molecule has 0 radical (unpaired) electrons. The van der Waals surface area contributed by atoms with Crippen molar-refractivity contribution in [2.45, 2.75) is 57.8 Å². The molecule has 3 fully saturated rings. The Hall–Kier alpha value is -2.15. The van der Waals surface area contributed by atoms with Crippen molar-refractivity contribution >= 4 is 10.8 Å². The van der Waals surface area contributed by atoms with E-state index in [4.69, 9.17) is 4.98 Å². The van der Waals surface area contributed by atoms with Gasteiger partial charge in [-0.2, -0.15) is 0 Å². The summed E-state index contributed by atoms with van der Waals surface area (Å²) in [6.07, 6.45) is 10.4. The average molecular weight is 341 g/mol. The van der Waals surface area contributed by atoms with E-state index >= 15 is 0 Å². The van der Waals surface area contributed by atoms with Crippen LogP contribution in [0.4, 0.5) is 0 Å². The van der Waals surface area contributed by atoms with Crippen LogP contribution in [0.1, 0.15) is 55.2 Å². The zero-order valence-electron chi connectivity index (χ0n) is 15.9. The summed E-state index contributed by atoms with van der Waals surface area (Å²) in [6.45, 7) is 4.33. The first kappa shape index (κ1) is 16.1. The summed E-state index contributed by atoms with van der Waals surface area (Å²) in [5, 5.41) is 2.62. The maximum atomic E-state index is 4.75. The van der Waals surface area contributed by atoms with E-state index in [9.17, 15) is 0 Å². The fraction of sp³-hybridized carbons (Fsp3) is 0.400. The highest BCUT2D eigenvalue weighted by molar-refractivity contribution is 5.95. The van der Waals surface area contributed by atoms with Gasteiger partial charge in [-0.15, -0.1) is 0 Å². The highest BCUT2D eigenvalue weighted by atomic mass is 14.7. The number of hydrogen-bond donors (Lipinski definition) is 0. The van der Waals surface area contributed by atoms with Crippen LogP contribution in [0.25, 0.3) is 22.0 Å². The van der Waals surface area contributed by atoms with Crippen molar-refractivity contribution in [2.75, 3.05) is 0 Å². The fourth-order valence-electron chi connectivity index (χ4n) is 5.53. The summed E-state index contributed by atoms with van der Waals surface area (Å²) < 4.78 is 0. The summed E-state index contributed by atoms with van der Waals surface area (Å²) in [5.74, 6) is 1.01. The molecular weight excluding hydrogens is 314 g/mol. The number of pyridine rings is 1. The summed E-state index contributed by atoms with van der Waals surface area (Å²) in [7, 11) is 0. The molecule has 132 valence electrons. The molecule has 1 heterocycles. The van der Waals surface area contributed by atoms with E-state index in [0.29, 0.717) is 5.41 Å². The van der Waals surface area contributed by atoms with Crippen molar-refractivity contribution in [3.8, 4) is 11.3 Å². The smallest absolute Gasteiger partial charge is 0.0780 e. The van der Waals surface area contributed by atoms with Crippen LogP contribution < -0.4 is 0 Å². The van der Waals surface area contributed by atoms with Crippen LogP contribution in [0.2, 0.25) is 0 Å².